The van der Waals surface area contributed by atoms with Crippen molar-refractivity contribution < 1.29 is 23.8 Å². The molecule has 178 valence electrons. The Hall–Kier alpha value is -2.46. The smallest absolute Gasteiger partial charge is 0.410 e. The van der Waals surface area contributed by atoms with Crippen molar-refractivity contribution in [1.29, 1.82) is 0 Å². The second kappa shape index (κ2) is 7.80. The number of aliphatic hydroxyl groups excluding tert-OH is 1. The number of likely N-dealkylation sites (tertiary alicyclic amines) is 1. The third-order valence-electron chi connectivity index (χ3n) is 6.54. The summed E-state index contributed by atoms with van der Waals surface area (Å²) >= 11 is 5.91. The van der Waals surface area contributed by atoms with Crippen LogP contribution in [0.15, 0.2) is 6.20 Å². The fourth-order valence-electron chi connectivity index (χ4n) is 4.50. The number of pyridine rings is 1. The van der Waals surface area contributed by atoms with Gasteiger partial charge in [-0.15, -0.1) is 0 Å². The van der Waals surface area contributed by atoms with E-state index < -0.39 is 11.4 Å². The number of nitrogens with zero attached hydrogens (tertiary/aromatic N) is 5. The van der Waals surface area contributed by atoms with Crippen LogP contribution in [-0.4, -0.2) is 75.0 Å². The quantitative estimate of drug-likeness (QED) is 0.652. The number of carbonyl (C=O) groups excluding carboxylic acids is 1. The van der Waals surface area contributed by atoms with Gasteiger partial charge in [0.25, 0.3) is 0 Å². The van der Waals surface area contributed by atoms with Gasteiger partial charge in [0.15, 0.2) is 11.0 Å². The Bertz CT molecular complexity index is 1110. The van der Waals surface area contributed by atoms with Crippen molar-refractivity contribution in [2.75, 3.05) is 31.2 Å². The van der Waals surface area contributed by atoms with Crippen LogP contribution in [0.4, 0.5) is 15.0 Å². The van der Waals surface area contributed by atoms with Crippen molar-refractivity contribution in [2.24, 2.45) is 5.41 Å². The Balaban J connectivity index is 1.43. The van der Waals surface area contributed by atoms with Crippen molar-refractivity contribution in [3.8, 4) is 6.01 Å². The first kappa shape index (κ1) is 22.3. The Labute approximate surface area is 195 Å². The number of hydrogen-bond acceptors (Lipinski definition) is 8. The van der Waals surface area contributed by atoms with E-state index in [-0.39, 0.29) is 53.5 Å². The molecule has 11 heteroatoms. The fraction of sp³-hybridized carbons (Fsp3) is 0.636. The number of aromatic nitrogens is 3. The molecule has 33 heavy (non-hydrogen) atoms. The molecule has 2 aromatic heterocycles. The summed E-state index contributed by atoms with van der Waals surface area (Å²) in [6.07, 6.45) is 3.63. The summed E-state index contributed by atoms with van der Waals surface area (Å²) in [4.78, 5) is 29.2. The van der Waals surface area contributed by atoms with Gasteiger partial charge in [0.2, 0.25) is 0 Å². The zero-order chi connectivity index (χ0) is 23.5. The lowest BCUT2D eigenvalue weighted by Gasteiger charge is -2.36. The number of amides is 1. The molecule has 4 heterocycles. The van der Waals surface area contributed by atoms with Crippen molar-refractivity contribution in [1.82, 2.24) is 19.9 Å². The molecular formula is C22H27ClFN5O4. The first-order valence-electron chi connectivity index (χ1n) is 11.1. The maximum atomic E-state index is 14.8. The SMILES string of the molecule is CC(C)(C)OC(=O)N1C[C@@H]2C[C@H]1CN2c1nc(OCC2(CO)CC2)nc2c(F)c(Cl)ncc12. The highest BCUT2D eigenvalue weighted by atomic mass is 35.5. The van der Waals surface area contributed by atoms with Crippen LogP contribution in [0.2, 0.25) is 5.15 Å². The van der Waals surface area contributed by atoms with Gasteiger partial charge < -0.3 is 24.4 Å². The molecular weight excluding hydrogens is 453 g/mol. The maximum absolute atomic E-state index is 14.8. The summed E-state index contributed by atoms with van der Waals surface area (Å²) < 4.78 is 26.2. The van der Waals surface area contributed by atoms with Gasteiger partial charge in [-0.2, -0.15) is 9.97 Å². The predicted molar refractivity (Wildman–Crippen MR) is 119 cm³/mol. The molecule has 1 aliphatic carbocycles. The average Bonchev–Trinajstić information content (AvgIpc) is 3.26. The maximum Gasteiger partial charge on any atom is 0.410 e. The molecule has 1 N–H and O–H groups in total. The van der Waals surface area contributed by atoms with Gasteiger partial charge in [-0.05, 0) is 40.0 Å². The van der Waals surface area contributed by atoms with E-state index in [4.69, 9.17) is 21.1 Å². The molecule has 2 bridgehead atoms. The standard InChI is InChI=1S/C22H27ClFN5O4/c1-21(2,3)33-20(31)29-9-12-6-13(29)8-28(12)18-14-7-25-17(23)15(24)16(14)26-19(27-18)32-11-22(10-30)4-5-22/h7,12-13,30H,4-6,8-11H2,1-3H3/t12-,13-/m0/s1. The number of rotatable bonds is 5. The highest BCUT2D eigenvalue weighted by Gasteiger charge is 2.48. The summed E-state index contributed by atoms with van der Waals surface area (Å²) in [5.41, 5.74) is -0.799. The Kier molecular flexibility index (Phi) is 5.28. The molecule has 2 saturated heterocycles. The fourth-order valence-corrected chi connectivity index (χ4v) is 4.63. The van der Waals surface area contributed by atoms with Crippen LogP contribution < -0.4 is 9.64 Å². The van der Waals surface area contributed by atoms with E-state index in [2.05, 4.69) is 19.9 Å². The topological polar surface area (TPSA) is 101 Å². The molecule has 1 amide bonds. The monoisotopic (exact) mass is 479 g/mol. The number of halogens is 2. The van der Waals surface area contributed by atoms with Crippen molar-refractivity contribution in [3.63, 3.8) is 0 Å². The van der Waals surface area contributed by atoms with E-state index in [9.17, 15) is 14.3 Å². The largest absolute Gasteiger partial charge is 0.463 e. The van der Waals surface area contributed by atoms with Crippen molar-refractivity contribution in [3.05, 3.63) is 17.2 Å². The van der Waals surface area contributed by atoms with E-state index in [1.54, 1.807) is 4.90 Å². The Morgan fingerprint density at radius 3 is 2.67 bits per heavy atom. The number of anilines is 1. The van der Waals surface area contributed by atoms with E-state index in [1.165, 1.54) is 6.20 Å². The lowest BCUT2D eigenvalue weighted by Crippen LogP contribution is -2.50. The summed E-state index contributed by atoms with van der Waals surface area (Å²) in [6.45, 7) is 6.82. The zero-order valence-corrected chi connectivity index (χ0v) is 19.6. The zero-order valence-electron chi connectivity index (χ0n) is 18.8. The number of piperazine rings is 1. The van der Waals surface area contributed by atoms with Crippen LogP contribution in [0.25, 0.3) is 10.9 Å². The Morgan fingerprint density at radius 2 is 2.06 bits per heavy atom. The number of ether oxygens (including phenoxy) is 2. The van der Waals surface area contributed by atoms with Crippen LogP contribution in [0, 0.1) is 11.2 Å². The molecule has 2 aromatic rings. The van der Waals surface area contributed by atoms with Crippen molar-refractivity contribution >= 4 is 34.4 Å². The molecule has 2 atom stereocenters. The molecule has 9 nitrogen and oxygen atoms in total. The molecule has 0 spiro atoms. The van der Waals surface area contributed by atoms with Crippen LogP contribution in [0.3, 0.4) is 0 Å². The second-order valence-corrected chi connectivity index (χ2v) is 10.6. The van der Waals surface area contributed by atoms with E-state index in [0.717, 1.165) is 19.3 Å². The average molecular weight is 480 g/mol. The van der Waals surface area contributed by atoms with Crippen LogP contribution in [0.5, 0.6) is 6.01 Å². The van der Waals surface area contributed by atoms with Crippen LogP contribution in [0.1, 0.15) is 40.0 Å². The van der Waals surface area contributed by atoms with Gasteiger partial charge >= 0.3 is 12.1 Å². The molecule has 3 fully saturated rings. The molecule has 5 rings (SSSR count). The second-order valence-electron chi connectivity index (χ2n) is 10.2. The van der Waals surface area contributed by atoms with Crippen molar-refractivity contribution in [2.45, 2.75) is 57.7 Å². The van der Waals surface area contributed by atoms with Gasteiger partial charge in [0.05, 0.1) is 30.7 Å². The number of aliphatic hydroxyl groups is 1. The number of carbonyl (C=O) groups is 1. The molecule has 2 aliphatic heterocycles. The summed E-state index contributed by atoms with van der Waals surface area (Å²) in [5, 5.41) is 9.73. The van der Waals surface area contributed by atoms with Gasteiger partial charge in [-0.3, -0.25) is 0 Å². The summed E-state index contributed by atoms with van der Waals surface area (Å²) in [5.74, 6) is -0.228. The summed E-state index contributed by atoms with van der Waals surface area (Å²) in [6, 6.07) is -0.00181. The van der Waals surface area contributed by atoms with E-state index >= 15 is 0 Å². The lowest BCUT2D eigenvalue weighted by molar-refractivity contribution is 0.0214. The molecule has 3 aliphatic rings. The minimum Gasteiger partial charge on any atom is -0.463 e. The predicted octanol–water partition coefficient (Wildman–Crippen LogP) is 3.17. The van der Waals surface area contributed by atoms with Crippen LogP contribution >= 0.6 is 11.6 Å². The van der Waals surface area contributed by atoms with Crippen LogP contribution in [-0.2, 0) is 4.74 Å². The van der Waals surface area contributed by atoms with E-state index in [1.807, 2.05) is 20.8 Å². The molecule has 1 saturated carbocycles. The Morgan fingerprint density at radius 1 is 1.30 bits per heavy atom. The van der Waals surface area contributed by atoms with Gasteiger partial charge in [-0.25, -0.2) is 14.2 Å². The minimum atomic E-state index is -0.731. The number of hydrogen-bond donors (Lipinski definition) is 1. The number of fused-ring (bicyclic) bond motifs is 3. The highest BCUT2D eigenvalue weighted by Crippen LogP contribution is 2.45. The summed E-state index contributed by atoms with van der Waals surface area (Å²) in [7, 11) is 0. The lowest BCUT2D eigenvalue weighted by atomic mass is 10.1. The molecule has 0 aromatic carbocycles. The van der Waals surface area contributed by atoms with Gasteiger partial charge in [-0.1, -0.05) is 11.6 Å². The third-order valence-corrected chi connectivity index (χ3v) is 6.81. The first-order valence-corrected chi connectivity index (χ1v) is 11.5. The van der Waals surface area contributed by atoms with E-state index in [0.29, 0.717) is 24.3 Å². The third kappa shape index (κ3) is 4.14. The highest BCUT2D eigenvalue weighted by molar-refractivity contribution is 6.30. The molecule has 0 unspecified atom stereocenters. The first-order chi connectivity index (χ1) is 15.6. The minimum absolute atomic E-state index is 0.000534. The van der Waals surface area contributed by atoms with Gasteiger partial charge in [0.1, 0.15) is 16.9 Å². The molecule has 0 radical (unpaired) electrons. The van der Waals surface area contributed by atoms with Gasteiger partial charge in [0, 0.05) is 24.7 Å². The normalized spacial score (nSPS) is 23.3.